The van der Waals surface area contributed by atoms with Gasteiger partial charge >= 0.3 is 0 Å². The van der Waals surface area contributed by atoms with Crippen LogP contribution in [0.2, 0.25) is 0 Å². The van der Waals surface area contributed by atoms with Crippen LogP contribution >= 0.6 is 11.3 Å². The Balaban J connectivity index is 1.63. The van der Waals surface area contributed by atoms with Crippen LogP contribution in [0.3, 0.4) is 0 Å². The van der Waals surface area contributed by atoms with E-state index in [4.69, 9.17) is 4.74 Å². The van der Waals surface area contributed by atoms with Gasteiger partial charge in [-0.3, -0.25) is 9.59 Å². The molecule has 2 heterocycles. The molecule has 1 unspecified atom stereocenters. The number of aliphatic hydroxyl groups is 1. The standard InChI is InChI=1S/C27H31N3O4S/c1-19(31)17-30(22-11-7-4-8-12-22)18-23(32)28-26-24(27(33)29-13-15-34-16-14-29)20(2)25(35-26)21-9-5-3-6-10-21/h3-12,19,31H,13-18H2,1-2H3,(H,28,32). The Hall–Kier alpha value is -3.20. The van der Waals surface area contributed by atoms with E-state index in [1.165, 1.54) is 11.3 Å². The van der Waals surface area contributed by atoms with Gasteiger partial charge in [0.2, 0.25) is 5.91 Å². The van der Waals surface area contributed by atoms with Crippen molar-refractivity contribution in [2.24, 2.45) is 0 Å². The lowest BCUT2D eigenvalue weighted by molar-refractivity contribution is -0.115. The van der Waals surface area contributed by atoms with Gasteiger partial charge in [-0.05, 0) is 37.1 Å². The summed E-state index contributed by atoms with van der Waals surface area (Å²) in [5, 5.41) is 13.5. The number of amides is 2. The zero-order valence-corrected chi connectivity index (χ0v) is 20.9. The third-order valence-electron chi connectivity index (χ3n) is 5.89. The van der Waals surface area contributed by atoms with Crippen LogP contribution in [0, 0.1) is 6.92 Å². The summed E-state index contributed by atoms with van der Waals surface area (Å²) in [4.78, 5) is 31.3. The maximum atomic E-state index is 13.5. The molecule has 2 aromatic carbocycles. The number of carbonyl (C=O) groups is 2. The van der Waals surface area contributed by atoms with Gasteiger partial charge in [-0.25, -0.2) is 0 Å². The first-order valence-corrected chi connectivity index (χ1v) is 12.6. The fourth-order valence-corrected chi connectivity index (χ4v) is 5.43. The topological polar surface area (TPSA) is 82.1 Å². The highest BCUT2D eigenvalue weighted by molar-refractivity contribution is 7.20. The van der Waals surface area contributed by atoms with Gasteiger partial charge in [0.1, 0.15) is 5.00 Å². The Morgan fingerprint density at radius 3 is 2.34 bits per heavy atom. The molecule has 3 aromatic rings. The van der Waals surface area contributed by atoms with Crippen molar-refractivity contribution in [3.05, 3.63) is 71.8 Å². The highest BCUT2D eigenvalue weighted by Crippen LogP contribution is 2.40. The molecule has 1 aliphatic heterocycles. The van der Waals surface area contributed by atoms with Crippen molar-refractivity contribution in [1.29, 1.82) is 0 Å². The maximum absolute atomic E-state index is 13.5. The van der Waals surface area contributed by atoms with Gasteiger partial charge in [0, 0.05) is 30.2 Å². The Labute approximate surface area is 209 Å². The van der Waals surface area contributed by atoms with Crippen LogP contribution in [-0.4, -0.2) is 67.3 Å². The first kappa shape index (κ1) is 24.9. The number of hydrogen-bond acceptors (Lipinski definition) is 6. The van der Waals surface area contributed by atoms with E-state index in [0.29, 0.717) is 43.4 Å². The Morgan fingerprint density at radius 2 is 1.71 bits per heavy atom. The quantitative estimate of drug-likeness (QED) is 0.495. The molecule has 35 heavy (non-hydrogen) atoms. The number of morpholine rings is 1. The first-order valence-electron chi connectivity index (χ1n) is 11.8. The van der Waals surface area contributed by atoms with E-state index in [9.17, 15) is 14.7 Å². The summed E-state index contributed by atoms with van der Waals surface area (Å²) in [5.41, 5.74) is 3.25. The number of nitrogens with zero attached hydrogens (tertiary/aromatic N) is 2. The highest BCUT2D eigenvalue weighted by atomic mass is 32.1. The maximum Gasteiger partial charge on any atom is 0.257 e. The molecule has 0 radical (unpaired) electrons. The fraction of sp³-hybridized carbons (Fsp3) is 0.333. The fourth-order valence-electron chi connectivity index (χ4n) is 4.21. The van der Waals surface area contributed by atoms with Gasteiger partial charge in [-0.2, -0.15) is 0 Å². The summed E-state index contributed by atoms with van der Waals surface area (Å²) in [7, 11) is 0. The van der Waals surface area contributed by atoms with Gasteiger partial charge < -0.3 is 25.0 Å². The number of rotatable bonds is 8. The number of nitrogens with one attached hydrogen (secondary N) is 1. The van der Waals surface area contributed by atoms with Crippen LogP contribution in [0.4, 0.5) is 10.7 Å². The molecule has 0 saturated carbocycles. The van der Waals surface area contributed by atoms with E-state index < -0.39 is 6.10 Å². The molecule has 184 valence electrons. The number of hydrogen-bond donors (Lipinski definition) is 2. The SMILES string of the molecule is Cc1c(-c2ccccc2)sc(NC(=O)CN(CC(C)O)c2ccccc2)c1C(=O)N1CCOCC1. The molecule has 0 spiro atoms. The average Bonchev–Trinajstić information content (AvgIpc) is 3.19. The van der Waals surface area contributed by atoms with Crippen LogP contribution < -0.4 is 10.2 Å². The Bertz CT molecular complexity index is 1140. The normalized spacial score (nSPS) is 14.4. The summed E-state index contributed by atoms with van der Waals surface area (Å²) in [6.45, 7) is 6.07. The van der Waals surface area contributed by atoms with E-state index >= 15 is 0 Å². The zero-order chi connectivity index (χ0) is 24.8. The first-order chi connectivity index (χ1) is 16.9. The van der Waals surface area contributed by atoms with Crippen LogP contribution in [0.5, 0.6) is 0 Å². The van der Waals surface area contributed by atoms with Crippen LogP contribution in [0.1, 0.15) is 22.8 Å². The lowest BCUT2D eigenvalue weighted by Gasteiger charge is -2.27. The van der Waals surface area contributed by atoms with E-state index in [2.05, 4.69) is 5.32 Å². The minimum absolute atomic E-state index is 0.0533. The van der Waals surface area contributed by atoms with Gasteiger partial charge in [-0.1, -0.05) is 48.5 Å². The van der Waals surface area contributed by atoms with Crippen molar-refractivity contribution in [2.75, 3.05) is 49.6 Å². The van der Waals surface area contributed by atoms with E-state index in [1.54, 1.807) is 11.8 Å². The third kappa shape index (κ3) is 6.08. The van der Waals surface area contributed by atoms with Crippen molar-refractivity contribution in [3.63, 3.8) is 0 Å². The molecule has 0 bridgehead atoms. The molecule has 1 aliphatic rings. The van der Waals surface area contributed by atoms with Crippen molar-refractivity contribution in [3.8, 4) is 10.4 Å². The zero-order valence-electron chi connectivity index (χ0n) is 20.1. The average molecular weight is 494 g/mol. The van der Waals surface area contributed by atoms with Crippen molar-refractivity contribution >= 4 is 33.8 Å². The molecule has 1 atom stereocenters. The molecular formula is C27H31N3O4S. The number of anilines is 2. The van der Waals surface area contributed by atoms with Gasteiger partial charge in [-0.15, -0.1) is 11.3 Å². The Kier molecular flexibility index (Phi) is 8.17. The molecule has 8 heteroatoms. The minimum Gasteiger partial charge on any atom is -0.392 e. The number of ether oxygens (including phenoxy) is 1. The second-order valence-corrected chi connectivity index (χ2v) is 9.66. The summed E-state index contributed by atoms with van der Waals surface area (Å²) in [6, 6.07) is 19.4. The summed E-state index contributed by atoms with van der Waals surface area (Å²) in [5.74, 6) is -0.338. The lowest BCUT2D eigenvalue weighted by Crippen LogP contribution is -2.41. The van der Waals surface area contributed by atoms with Gasteiger partial charge in [0.25, 0.3) is 5.91 Å². The number of thiophene rings is 1. The van der Waals surface area contributed by atoms with Crippen molar-refractivity contribution in [2.45, 2.75) is 20.0 Å². The van der Waals surface area contributed by atoms with E-state index in [-0.39, 0.29) is 18.4 Å². The van der Waals surface area contributed by atoms with Gasteiger partial charge in [0.05, 0.1) is 31.4 Å². The molecule has 2 N–H and O–H groups in total. The summed E-state index contributed by atoms with van der Waals surface area (Å²) < 4.78 is 5.42. The predicted molar refractivity (Wildman–Crippen MR) is 140 cm³/mol. The monoisotopic (exact) mass is 493 g/mol. The molecule has 1 aromatic heterocycles. The van der Waals surface area contributed by atoms with E-state index in [0.717, 1.165) is 21.7 Å². The molecule has 1 saturated heterocycles. The second-order valence-electron chi connectivity index (χ2n) is 8.64. The largest absolute Gasteiger partial charge is 0.392 e. The predicted octanol–water partition coefficient (Wildman–Crippen LogP) is 4.02. The number of benzene rings is 2. The molecule has 7 nitrogen and oxygen atoms in total. The van der Waals surface area contributed by atoms with Crippen LogP contribution in [0.15, 0.2) is 60.7 Å². The van der Waals surface area contributed by atoms with Crippen molar-refractivity contribution in [1.82, 2.24) is 4.90 Å². The summed E-state index contributed by atoms with van der Waals surface area (Å²) in [6.07, 6.45) is -0.602. The molecular weight excluding hydrogens is 462 g/mol. The molecule has 4 rings (SSSR count). The second kappa shape index (κ2) is 11.5. The summed E-state index contributed by atoms with van der Waals surface area (Å²) >= 11 is 1.42. The highest BCUT2D eigenvalue weighted by Gasteiger charge is 2.28. The molecule has 2 amide bonds. The minimum atomic E-state index is -0.602. The number of aliphatic hydroxyl groups excluding tert-OH is 1. The van der Waals surface area contributed by atoms with Crippen LogP contribution in [-0.2, 0) is 9.53 Å². The van der Waals surface area contributed by atoms with E-state index in [1.807, 2.05) is 72.5 Å². The molecule has 0 aliphatic carbocycles. The third-order valence-corrected chi connectivity index (χ3v) is 7.14. The number of carbonyl (C=O) groups excluding carboxylic acids is 2. The Morgan fingerprint density at radius 1 is 1.09 bits per heavy atom. The lowest BCUT2D eigenvalue weighted by atomic mass is 10.1. The van der Waals surface area contributed by atoms with Crippen LogP contribution in [0.25, 0.3) is 10.4 Å². The smallest absolute Gasteiger partial charge is 0.257 e. The van der Waals surface area contributed by atoms with Gasteiger partial charge in [0.15, 0.2) is 0 Å². The number of para-hydroxylation sites is 1. The van der Waals surface area contributed by atoms with Crippen molar-refractivity contribution < 1.29 is 19.4 Å². The molecule has 1 fully saturated rings.